The Morgan fingerprint density at radius 3 is 1.78 bits per heavy atom. The van der Waals surface area contributed by atoms with E-state index in [9.17, 15) is 28.8 Å². The maximum atomic E-state index is 12.8. The van der Waals surface area contributed by atoms with Gasteiger partial charge in [0.1, 0.15) is 37.6 Å². The zero-order valence-electron chi connectivity index (χ0n) is 36.0. The number of carbonyl (C=O) groups excluding carboxylic acids is 6. The second-order valence-electron chi connectivity index (χ2n) is 15.6. The maximum Gasteiger partial charge on any atom is 0.333 e. The van der Waals surface area contributed by atoms with E-state index in [1.54, 1.807) is 6.92 Å². The van der Waals surface area contributed by atoms with Gasteiger partial charge in [-0.3, -0.25) is 19.2 Å². The first-order valence-corrected chi connectivity index (χ1v) is 20.7. The summed E-state index contributed by atoms with van der Waals surface area (Å²) in [5.41, 5.74) is 4.48. The van der Waals surface area contributed by atoms with Gasteiger partial charge >= 0.3 is 35.8 Å². The van der Waals surface area contributed by atoms with Crippen molar-refractivity contribution in [2.45, 2.75) is 104 Å². The second-order valence-corrected chi connectivity index (χ2v) is 15.6. The molecule has 0 bridgehead atoms. The topological polar surface area (TPSA) is 167 Å². The van der Waals surface area contributed by atoms with Crippen LogP contribution in [0, 0.1) is 11.3 Å². The highest BCUT2D eigenvalue weighted by Crippen LogP contribution is 2.35. The van der Waals surface area contributed by atoms with E-state index in [1.807, 2.05) is 18.2 Å². The third-order valence-corrected chi connectivity index (χ3v) is 10.2. The van der Waals surface area contributed by atoms with Crippen molar-refractivity contribution in [3.8, 4) is 16.9 Å². The van der Waals surface area contributed by atoms with Crippen molar-refractivity contribution in [1.29, 1.82) is 0 Å². The Hall–Kier alpha value is -5.46. The molecule has 0 saturated heterocycles. The predicted octanol–water partition coefficient (Wildman–Crippen LogP) is 7.57. The Morgan fingerprint density at radius 2 is 1.18 bits per heavy atom. The molecule has 0 heterocycles. The van der Waals surface area contributed by atoms with E-state index in [0.717, 1.165) is 29.5 Å². The molecule has 13 heteroatoms. The molecule has 0 fully saturated rings. The molecule has 328 valence electrons. The minimum atomic E-state index is -1.47. The van der Waals surface area contributed by atoms with Gasteiger partial charge in [-0.15, -0.1) is 0 Å². The number of hydrogen-bond donors (Lipinski definition) is 0. The van der Waals surface area contributed by atoms with Crippen LogP contribution in [-0.4, -0.2) is 83.1 Å². The highest BCUT2D eigenvalue weighted by Gasteiger charge is 2.38. The molecule has 13 nitrogen and oxygen atoms in total. The molecule has 0 aromatic heterocycles. The molecule has 0 amide bonds. The van der Waals surface area contributed by atoms with Crippen LogP contribution in [0.3, 0.4) is 0 Å². The molecule has 0 aliphatic heterocycles. The number of unbranched alkanes of at least 4 members (excludes halogenated alkanes) is 3. The number of hydrogen-bond acceptors (Lipinski definition) is 13. The number of methoxy groups -OCH3 is 2. The first-order chi connectivity index (χ1) is 28.7. The summed E-state index contributed by atoms with van der Waals surface area (Å²) < 4.78 is 37.8. The summed E-state index contributed by atoms with van der Waals surface area (Å²) in [4.78, 5) is 73.8. The van der Waals surface area contributed by atoms with Crippen molar-refractivity contribution in [2.24, 2.45) is 11.3 Å². The molecular weight excluding hydrogens is 773 g/mol. The fraction of sp³-hybridized carbons (Fsp3) is 0.532. The van der Waals surface area contributed by atoms with Crippen LogP contribution < -0.4 is 4.74 Å². The molecule has 2 aromatic rings. The average molecular weight is 835 g/mol. The minimum Gasteiger partial charge on any atom is -0.492 e. The highest BCUT2D eigenvalue weighted by molar-refractivity contribution is 5.87. The lowest BCUT2D eigenvalue weighted by molar-refractivity contribution is -0.165. The quantitative estimate of drug-likeness (QED) is 0.0375. The van der Waals surface area contributed by atoms with E-state index in [4.69, 9.17) is 23.7 Å². The third-order valence-electron chi connectivity index (χ3n) is 10.2. The van der Waals surface area contributed by atoms with Crippen LogP contribution >= 0.6 is 0 Å². The fourth-order valence-electron chi connectivity index (χ4n) is 6.65. The van der Waals surface area contributed by atoms with Gasteiger partial charge in [0.25, 0.3) is 0 Å². The van der Waals surface area contributed by atoms with Gasteiger partial charge in [0.2, 0.25) is 0 Å². The second kappa shape index (κ2) is 25.2. The lowest BCUT2D eigenvalue weighted by Crippen LogP contribution is -2.44. The molecule has 1 unspecified atom stereocenters. The number of aryl methyl sites for hydroxylation is 1. The smallest absolute Gasteiger partial charge is 0.333 e. The van der Waals surface area contributed by atoms with E-state index in [2.05, 4.69) is 47.8 Å². The fourth-order valence-corrected chi connectivity index (χ4v) is 6.65. The van der Waals surface area contributed by atoms with E-state index in [0.29, 0.717) is 30.1 Å². The highest BCUT2D eigenvalue weighted by atomic mass is 16.6. The van der Waals surface area contributed by atoms with Crippen LogP contribution in [0.25, 0.3) is 11.1 Å². The Balaban J connectivity index is 1.95. The number of carbonyl (C=O) groups is 6. The van der Waals surface area contributed by atoms with Gasteiger partial charge in [0.05, 0.1) is 46.5 Å². The van der Waals surface area contributed by atoms with E-state index < -0.39 is 61.1 Å². The average Bonchev–Trinajstić information content (AvgIpc) is 3.66. The van der Waals surface area contributed by atoms with Crippen LogP contribution in [-0.2, 0) is 76.5 Å². The maximum absolute atomic E-state index is 12.8. The van der Waals surface area contributed by atoms with Crippen molar-refractivity contribution in [3.63, 3.8) is 0 Å². The van der Waals surface area contributed by atoms with E-state index in [-0.39, 0.29) is 44.5 Å². The molecule has 1 aliphatic carbocycles. The third kappa shape index (κ3) is 16.7. The van der Waals surface area contributed by atoms with Crippen molar-refractivity contribution in [3.05, 3.63) is 77.4 Å². The summed E-state index contributed by atoms with van der Waals surface area (Å²) in [5.74, 6) is -2.85. The molecule has 0 N–H and O–H groups in total. The molecule has 60 heavy (non-hydrogen) atoms. The zero-order chi connectivity index (χ0) is 44.1. The predicted molar refractivity (Wildman–Crippen MR) is 224 cm³/mol. The van der Waals surface area contributed by atoms with Gasteiger partial charge in [-0.25, -0.2) is 9.59 Å². The number of rotatable bonds is 27. The van der Waals surface area contributed by atoms with Gasteiger partial charge in [-0.2, -0.15) is 0 Å². The van der Waals surface area contributed by atoms with Gasteiger partial charge < -0.3 is 33.2 Å². The number of benzene rings is 2. The Morgan fingerprint density at radius 1 is 0.633 bits per heavy atom. The molecule has 0 saturated carbocycles. The Bertz CT molecular complexity index is 1790. The molecule has 1 aliphatic rings. The lowest BCUT2D eigenvalue weighted by Gasteiger charge is -2.32. The van der Waals surface area contributed by atoms with Crippen molar-refractivity contribution in [1.82, 2.24) is 0 Å². The molecule has 3 rings (SSSR count). The van der Waals surface area contributed by atoms with Crippen molar-refractivity contribution >= 4 is 35.8 Å². The van der Waals surface area contributed by atoms with Crippen molar-refractivity contribution in [2.75, 3.05) is 47.3 Å². The largest absolute Gasteiger partial charge is 0.492 e. The first-order valence-electron chi connectivity index (χ1n) is 20.7. The summed E-state index contributed by atoms with van der Waals surface area (Å²) in [6, 6.07) is 12.4. The van der Waals surface area contributed by atoms with E-state index >= 15 is 0 Å². The van der Waals surface area contributed by atoms with Gasteiger partial charge in [-0.05, 0) is 91.8 Å². The molecule has 0 radical (unpaired) electrons. The molecular formula is C47H62O13. The van der Waals surface area contributed by atoms with Gasteiger partial charge in [0.15, 0.2) is 0 Å². The molecule has 2 aromatic carbocycles. The monoisotopic (exact) mass is 834 g/mol. The summed E-state index contributed by atoms with van der Waals surface area (Å²) in [6.45, 7) is 11.1. The summed E-state index contributed by atoms with van der Waals surface area (Å²) in [6.07, 6.45) is 8.23. The van der Waals surface area contributed by atoms with E-state index in [1.165, 1.54) is 64.4 Å². The number of esters is 6. The summed E-state index contributed by atoms with van der Waals surface area (Å²) in [5, 5.41) is 0. The Kier molecular flexibility index (Phi) is 20.6. The minimum absolute atomic E-state index is 0.106. The van der Waals surface area contributed by atoms with Gasteiger partial charge in [-0.1, -0.05) is 70.0 Å². The summed E-state index contributed by atoms with van der Waals surface area (Å²) in [7, 11) is 2.40. The van der Waals surface area contributed by atoms with Crippen LogP contribution in [0.4, 0.5) is 0 Å². The van der Waals surface area contributed by atoms with Crippen LogP contribution in [0.2, 0.25) is 0 Å². The first kappa shape index (κ1) is 48.9. The normalized spacial score (nSPS) is 13.1. The summed E-state index contributed by atoms with van der Waals surface area (Å²) >= 11 is 0. The SMILES string of the molecule is C=C(C)C(=O)OCCCc1cc(-c2ccc3c(c2)CC(CCCCCC)C3)ccc1OCC(COC(=O)CCC(=O)OC)(COC(=O)CCC(=O)OC)COC(=O)C(=C)C. The molecule has 1 atom stereocenters. The van der Waals surface area contributed by atoms with Crippen LogP contribution in [0.1, 0.15) is 102 Å². The Labute approximate surface area is 354 Å². The van der Waals surface area contributed by atoms with Gasteiger partial charge in [0, 0.05) is 11.1 Å². The zero-order valence-corrected chi connectivity index (χ0v) is 36.0. The van der Waals surface area contributed by atoms with Crippen LogP contribution in [0.15, 0.2) is 60.7 Å². The molecule has 0 spiro atoms. The number of ether oxygens (including phenoxy) is 7. The lowest BCUT2D eigenvalue weighted by atomic mass is 9.91. The standard InChI is InChI=1S/C47H62O13/c1-8-9-10-11-13-34-24-35-15-16-36(27-39(35)25-34)37-17-18-40(38(26-37)14-12-23-56-45(52)32(2)3)57-28-47(31-60-46(53)33(4)5,29-58-43(50)21-19-41(48)54-6)30-59-44(51)22-20-42(49)55-7/h15-18,26-27,34H,2,4,8-14,19-25,28-31H2,1,3,5-7H3. The van der Waals surface area contributed by atoms with Crippen LogP contribution in [0.5, 0.6) is 5.75 Å². The van der Waals surface area contributed by atoms with Crippen molar-refractivity contribution < 1.29 is 61.9 Å². The number of fused-ring (bicyclic) bond motifs is 1.